The highest BCUT2D eigenvalue weighted by atomic mass is 32.2. The topological polar surface area (TPSA) is 61.9 Å². The summed E-state index contributed by atoms with van der Waals surface area (Å²) in [7, 11) is 1.66. The number of urea groups is 1. The number of methoxy groups -OCH3 is 1. The van der Waals surface area contributed by atoms with Gasteiger partial charge in [-0.25, -0.2) is 4.79 Å². The third-order valence-corrected chi connectivity index (χ3v) is 6.88. The van der Waals surface area contributed by atoms with Crippen LogP contribution in [0.1, 0.15) is 51.5 Å². The van der Waals surface area contributed by atoms with Crippen LogP contribution < -0.4 is 10.1 Å². The van der Waals surface area contributed by atoms with Crippen molar-refractivity contribution in [1.29, 1.82) is 0 Å². The molecule has 160 valence electrons. The fourth-order valence-corrected chi connectivity index (χ4v) is 5.17. The molecule has 1 N–H and O–H groups in total. The molecule has 29 heavy (non-hydrogen) atoms. The van der Waals surface area contributed by atoms with Crippen molar-refractivity contribution in [2.24, 2.45) is 5.92 Å². The minimum absolute atomic E-state index is 0.00786. The Labute approximate surface area is 178 Å². The average Bonchev–Trinajstić information content (AvgIpc) is 2.95. The highest BCUT2D eigenvalue weighted by Gasteiger charge is 2.40. The SMILES string of the molecule is COc1ccc([C@H]2S[C@@H](C)C(=O)N2CC2CCN(C(=O)NC(C)(C)C)CC2)cc1. The van der Waals surface area contributed by atoms with E-state index in [0.717, 1.165) is 43.8 Å². The molecule has 2 fully saturated rings. The summed E-state index contributed by atoms with van der Waals surface area (Å²) in [5.41, 5.74) is 0.907. The minimum atomic E-state index is -0.227. The monoisotopic (exact) mass is 419 g/mol. The Morgan fingerprint density at radius 2 is 1.83 bits per heavy atom. The zero-order valence-corrected chi connectivity index (χ0v) is 18.9. The van der Waals surface area contributed by atoms with E-state index in [-0.39, 0.29) is 28.1 Å². The Morgan fingerprint density at radius 1 is 1.21 bits per heavy atom. The van der Waals surface area contributed by atoms with E-state index in [1.165, 1.54) is 0 Å². The van der Waals surface area contributed by atoms with Crippen LogP contribution in [0.5, 0.6) is 5.75 Å². The first kappa shape index (κ1) is 21.8. The van der Waals surface area contributed by atoms with Crippen molar-refractivity contribution in [2.45, 2.75) is 56.7 Å². The second-order valence-electron chi connectivity index (χ2n) is 9.01. The number of hydrogen-bond acceptors (Lipinski definition) is 4. The summed E-state index contributed by atoms with van der Waals surface area (Å²) in [5, 5.41) is 3.06. The van der Waals surface area contributed by atoms with E-state index >= 15 is 0 Å². The van der Waals surface area contributed by atoms with Gasteiger partial charge in [-0.15, -0.1) is 11.8 Å². The number of nitrogens with one attached hydrogen (secondary N) is 1. The molecule has 2 atom stereocenters. The largest absolute Gasteiger partial charge is 0.497 e. The van der Waals surface area contributed by atoms with Crippen molar-refractivity contribution in [3.63, 3.8) is 0 Å². The fourth-order valence-electron chi connectivity index (χ4n) is 3.88. The Bertz CT molecular complexity index is 724. The van der Waals surface area contributed by atoms with Gasteiger partial charge in [0.1, 0.15) is 11.1 Å². The van der Waals surface area contributed by atoms with Crippen molar-refractivity contribution in [1.82, 2.24) is 15.1 Å². The summed E-state index contributed by atoms with van der Waals surface area (Å²) in [6, 6.07) is 8.01. The third-order valence-electron chi connectivity index (χ3n) is 5.49. The summed E-state index contributed by atoms with van der Waals surface area (Å²) in [6.45, 7) is 10.2. The zero-order chi connectivity index (χ0) is 21.2. The van der Waals surface area contributed by atoms with Gasteiger partial charge >= 0.3 is 6.03 Å². The lowest BCUT2D eigenvalue weighted by molar-refractivity contribution is -0.130. The number of piperidine rings is 1. The number of amides is 3. The molecule has 1 aromatic carbocycles. The van der Waals surface area contributed by atoms with Crippen LogP contribution >= 0.6 is 11.8 Å². The Balaban J connectivity index is 1.61. The molecule has 0 bridgehead atoms. The summed E-state index contributed by atoms with van der Waals surface area (Å²) in [5.74, 6) is 1.46. The van der Waals surface area contributed by atoms with Gasteiger partial charge < -0.3 is 19.9 Å². The maximum atomic E-state index is 12.8. The van der Waals surface area contributed by atoms with E-state index in [9.17, 15) is 9.59 Å². The molecule has 3 amide bonds. The van der Waals surface area contributed by atoms with Crippen molar-refractivity contribution in [3.8, 4) is 5.75 Å². The lowest BCUT2D eigenvalue weighted by Gasteiger charge is -2.36. The van der Waals surface area contributed by atoms with E-state index in [0.29, 0.717) is 5.92 Å². The predicted molar refractivity (Wildman–Crippen MR) is 117 cm³/mol. The van der Waals surface area contributed by atoms with Gasteiger partial charge in [0, 0.05) is 25.2 Å². The van der Waals surface area contributed by atoms with Crippen molar-refractivity contribution < 1.29 is 14.3 Å². The van der Waals surface area contributed by atoms with Gasteiger partial charge in [0.05, 0.1) is 12.4 Å². The van der Waals surface area contributed by atoms with Crippen molar-refractivity contribution >= 4 is 23.7 Å². The molecule has 0 aromatic heterocycles. The van der Waals surface area contributed by atoms with Gasteiger partial charge in [-0.05, 0) is 64.2 Å². The van der Waals surface area contributed by atoms with Crippen LogP contribution in [0.2, 0.25) is 0 Å². The standard InChI is InChI=1S/C22H33N3O3S/c1-15-19(26)25(20(29-15)17-6-8-18(28-5)9-7-17)14-16-10-12-24(13-11-16)21(27)23-22(2,3)4/h6-9,15-16,20H,10-14H2,1-5H3,(H,23,27)/t15-,20+/m0/s1. The Morgan fingerprint density at radius 3 is 2.38 bits per heavy atom. The van der Waals surface area contributed by atoms with Crippen LogP contribution in [0.15, 0.2) is 24.3 Å². The van der Waals surface area contributed by atoms with Gasteiger partial charge in [0.2, 0.25) is 5.91 Å². The highest BCUT2D eigenvalue weighted by molar-refractivity contribution is 8.01. The van der Waals surface area contributed by atoms with Crippen LogP contribution in [-0.2, 0) is 4.79 Å². The van der Waals surface area contributed by atoms with Gasteiger partial charge in [0.25, 0.3) is 0 Å². The van der Waals surface area contributed by atoms with Gasteiger partial charge in [0.15, 0.2) is 0 Å². The van der Waals surface area contributed by atoms with E-state index in [2.05, 4.69) is 5.32 Å². The predicted octanol–water partition coefficient (Wildman–Crippen LogP) is 3.88. The molecule has 0 unspecified atom stereocenters. The first-order valence-electron chi connectivity index (χ1n) is 10.3. The summed E-state index contributed by atoms with van der Waals surface area (Å²) >= 11 is 1.71. The number of thioether (sulfide) groups is 1. The molecule has 2 aliphatic heterocycles. The summed E-state index contributed by atoms with van der Waals surface area (Å²) in [6.07, 6.45) is 1.85. The normalized spacial score (nSPS) is 23.4. The second-order valence-corrected chi connectivity index (χ2v) is 10.4. The zero-order valence-electron chi connectivity index (χ0n) is 18.1. The molecule has 1 aromatic rings. The number of benzene rings is 1. The van der Waals surface area contributed by atoms with Crippen LogP contribution in [-0.4, -0.2) is 59.3 Å². The number of ether oxygens (including phenoxy) is 1. The molecule has 6 nitrogen and oxygen atoms in total. The molecular weight excluding hydrogens is 386 g/mol. The smallest absolute Gasteiger partial charge is 0.317 e. The molecule has 2 heterocycles. The molecule has 2 saturated heterocycles. The van der Waals surface area contributed by atoms with Crippen LogP contribution in [0.4, 0.5) is 4.79 Å². The first-order chi connectivity index (χ1) is 13.7. The van der Waals surface area contributed by atoms with Gasteiger partial charge in [-0.3, -0.25) is 4.79 Å². The van der Waals surface area contributed by atoms with E-state index in [1.807, 2.05) is 61.8 Å². The Kier molecular flexibility index (Phi) is 6.66. The average molecular weight is 420 g/mol. The van der Waals surface area contributed by atoms with Gasteiger partial charge in [-0.1, -0.05) is 12.1 Å². The number of likely N-dealkylation sites (tertiary alicyclic amines) is 1. The maximum Gasteiger partial charge on any atom is 0.317 e. The quantitative estimate of drug-likeness (QED) is 0.805. The molecule has 0 saturated carbocycles. The number of rotatable bonds is 4. The molecule has 3 rings (SSSR count). The number of nitrogens with zero attached hydrogens (tertiary/aromatic N) is 2. The molecular formula is C22H33N3O3S. The lowest BCUT2D eigenvalue weighted by atomic mass is 9.96. The van der Waals surface area contributed by atoms with Crippen LogP contribution in [0.3, 0.4) is 0 Å². The van der Waals surface area contributed by atoms with E-state index in [4.69, 9.17) is 4.74 Å². The summed E-state index contributed by atoms with van der Waals surface area (Å²) in [4.78, 5) is 29.1. The van der Waals surface area contributed by atoms with E-state index in [1.54, 1.807) is 18.9 Å². The van der Waals surface area contributed by atoms with Crippen LogP contribution in [0, 0.1) is 5.92 Å². The van der Waals surface area contributed by atoms with Crippen LogP contribution in [0.25, 0.3) is 0 Å². The lowest BCUT2D eigenvalue weighted by Crippen LogP contribution is -2.51. The van der Waals surface area contributed by atoms with Crippen molar-refractivity contribution in [3.05, 3.63) is 29.8 Å². The number of carbonyl (C=O) groups is 2. The first-order valence-corrected chi connectivity index (χ1v) is 11.3. The Hall–Kier alpha value is -1.89. The molecule has 0 aliphatic carbocycles. The molecule has 2 aliphatic rings. The van der Waals surface area contributed by atoms with Crippen molar-refractivity contribution in [2.75, 3.05) is 26.7 Å². The third kappa shape index (κ3) is 5.38. The fraction of sp³-hybridized carbons (Fsp3) is 0.636. The number of carbonyl (C=O) groups excluding carboxylic acids is 2. The summed E-state index contributed by atoms with van der Waals surface area (Å²) < 4.78 is 5.26. The molecule has 0 spiro atoms. The number of hydrogen-bond donors (Lipinski definition) is 1. The molecule has 7 heteroatoms. The van der Waals surface area contributed by atoms with Gasteiger partial charge in [-0.2, -0.15) is 0 Å². The maximum absolute atomic E-state index is 12.8. The molecule has 0 radical (unpaired) electrons. The highest BCUT2D eigenvalue weighted by Crippen LogP contribution is 2.44. The second kappa shape index (κ2) is 8.86. The minimum Gasteiger partial charge on any atom is -0.497 e. The van der Waals surface area contributed by atoms with E-state index < -0.39 is 0 Å².